The maximum Gasteiger partial charge on any atom is 0.307 e. The molecule has 0 saturated heterocycles. The van der Waals surface area contributed by atoms with Crippen molar-refractivity contribution in [2.24, 2.45) is 0 Å². The van der Waals surface area contributed by atoms with Gasteiger partial charge in [-0.15, -0.1) is 5.10 Å². The fourth-order valence-electron chi connectivity index (χ4n) is 2.47. The number of H-pyrrole nitrogens is 1. The van der Waals surface area contributed by atoms with Gasteiger partial charge in [-0.25, -0.2) is 5.10 Å². The lowest BCUT2D eigenvalue weighted by Crippen LogP contribution is -2.17. The first-order chi connectivity index (χ1) is 14.5. The molecule has 0 atom stereocenters. The van der Waals surface area contributed by atoms with Crippen molar-refractivity contribution >= 4 is 40.8 Å². The molecule has 0 fully saturated rings. The molecule has 3 aromatic rings. The van der Waals surface area contributed by atoms with E-state index in [0.717, 1.165) is 0 Å². The number of allylic oxidation sites excluding steroid dienone is 1. The fourth-order valence-corrected chi connectivity index (χ4v) is 2.74. The van der Waals surface area contributed by atoms with Crippen LogP contribution < -0.4 is 20.9 Å². The predicted molar refractivity (Wildman–Crippen MR) is 113 cm³/mol. The van der Waals surface area contributed by atoms with E-state index in [4.69, 9.17) is 26.9 Å². The zero-order valence-corrected chi connectivity index (χ0v) is 16.4. The number of ether oxygens (including phenoxy) is 1. The van der Waals surface area contributed by atoms with Crippen LogP contribution in [0.4, 0.5) is 23.1 Å². The first-order valence-corrected chi connectivity index (χ1v) is 8.86. The molecule has 30 heavy (non-hydrogen) atoms. The summed E-state index contributed by atoms with van der Waals surface area (Å²) in [5.41, 5.74) is 1.61. The van der Waals surface area contributed by atoms with E-state index in [-0.39, 0.29) is 11.8 Å². The Bertz CT molecular complexity index is 1240. The quantitative estimate of drug-likeness (QED) is 0.513. The van der Waals surface area contributed by atoms with Gasteiger partial charge < -0.3 is 15.4 Å². The van der Waals surface area contributed by atoms with Gasteiger partial charge in [0.05, 0.1) is 29.8 Å². The van der Waals surface area contributed by atoms with Crippen molar-refractivity contribution in [2.45, 2.75) is 0 Å². The molecule has 3 rings (SSSR count). The molecule has 0 aliphatic carbocycles. The van der Waals surface area contributed by atoms with Gasteiger partial charge in [0, 0.05) is 11.8 Å². The van der Waals surface area contributed by atoms with Crippen LogP contribution in [-0.2, 0) is 0 Å². The smallest absolute Gasteiger partial charge is 0.307 e. The lowest BCUT2D eigenvalue weighted by Gasteiger charge is -2.13. The van der Waals surface area contributed by atoms with Crippen molar-refractivity contribution in [2.75, 3.05) is 17.7 Å². The van der Waals surface area contributed by atoms with Gasteiger partial charge in [-0.1, -0.05) is 11.6 Å². The van der Waals surface area contributed by atoms with E-state index in [2.05, 4.69) is 25.8 Å². The minimum absolute atomic E-state index is 0.000806. The van der Waals surface area contributed by atoms with Crippen LogP contribution in [0.1, 0.15) is 11.1 Å². The first kappa shape index (κ1) is 20.4. The molecular weight excluding hydrogens is 406 g/mol. The summed E-state index contributed by atoms with van der Waals surface area (Å²) < 4.78 is 5.36. The highest BCUT2D eigenvalue weighted by Crippen LogP contribution is 2.36. The van der Waals surface area contributed by atoms with E-state index in [1.165, 1.54) is 13.2 Å². The van der Waals surface area contributed by atoms with Gasteiger partial charge in [0.1, 0.15) is 11.4 Å². The van der Waals surface area contributed by atoms with Gasteiger partial charge >= 0.3 is 5.56 Å². The van der Waals surface area contributed by atoms with E-state index in [1.54, 1.807) is 42.5 Å². The summed E-state index contributed by atoms with van der Waals surface area (Å²) in [5, 5.41) is 29.9. The van der Waals surface area contributed by atoms with Crippen LogP contribution in [0.25, 0.3) is 6.08 Å². The van der Waals surface area contributed by atoms with Crippen LogP contribution >= 0.6 is 11.6 Å². The third-order valence-electron chi connectivity index (χ3n) is 3.86. The number of aromatic amines is 1. The van der Waals surface area contributed by atoms with E-state index in [0.29, 0.717) is 33.3 Å². The van der Waals surface area contributed by atoms with E-state index in [9.17, 15) is 4.79 Å². The van der Waals surface area contributed by atoms with Crippen molar-refractivity contribution < 1.29 is 4.74 Å². The number of aromatic nitrogens is 3. The highest BCUT2D eigenvalue weighted by Gasteiger charge is 2.13. The molecule has 0 bridgehead atoms. The Kier molecular flexibility index (Phi) is 6.28. The first-order valence-electron chi connectivity index (χ1n) is 8.48. The second-order valence-corrected chi connectivity index (χ2v) is 6.23. The second kappa shape index (κ2) is 9.24. The highest BCUT2D eigenvalue weighted by molar-refractivity contribution is 6.33. The van der Waals surface area contributed by atoms with E-state index in [1.807, 2.05) is 12.1 Å². The molecule has 0 aliphatic rings. The van der Waals surface area contributed by atoms with Crippen molar-refractivity contribution in [1.29, 1.82) is 10.5 Å². The van der Waals surface area contributed by atoms with Crippen molar-refractivity contribution in [3.05, 3.63) is 69.0 Å². The number of methoxy groups -OCH3 is 1. The summed E-state index contributed by atoms with van der Waals surface area (Å²) in [6, 6.07) is 13.8. The van der Waals surface area contributed by atoms with Crippen LogP contribution in [-0.4, -0.2) is 22.3 Å². The summed E-state index contributed by atoms with van der Waals surface area (Å²) in [6.07, 6.45) is 2.92. The molecule has 0 amide bonds. The normalized spacial score (nSPS) is 10.3. The van der Waals surface area contributed by atoms with Crippen LogP contribution in [0.3, 0.4) is 0 Å². The van der Waals surface area contributed by atoms with Crippen LogP contribution in [0.2, 0.25) is 5.02 Å². The molecule has 0 radical (unpaired) electrons. The second-order valence-electron chi connectivity index (χ2n) is 5.82. The molecular formula is C20H14ClN7O2. The van der Waals surface area contributed by atoms with Gasteiger partial charge in [-0.2, -0.15) is 15.5 Å². The van der Waals surface area contributed by atoms with Gasteiger partial charge in [0.25, 0.3) is 0 Å². The third kappa shape index (κ3) is 4.73. The number of nitrogens with zero attached hydrogens (tertiary/aromatic N) is 4. The lowest BCUT2D eigenvalue weighted by atomic mass is 10.1. The van der Waals surface area contributed by atoms with Gasteiger partial charge in [0.2, 0.25) is 11.8 Å². The maximum absolute atomic E-state index is 12.1. The molecule has 9 nitrogen and oxygen atoms in total. The SMILES string of the molecule is COc1cc(/C=C/C#N)cc(Cl)c1Nc1n[nH]c(=O)c(Nc2ccc(C#N)cc2)n1. The minimum Gasteiger partial charge on any atom is -0.494 e. The molecule has 0 spiro atoms. The number of rotatable bonds is 6. The molecule has 0 unspecified atom stereocenters. The number of hydrogen-bond donors (Lipinski definition) is 3. The van der Waals surface area contributed by atoms with Crippen molar-refractivity contribution in [3.63, 3.8) is 0 Å². The van der Waals surface area contributed by atoms with Crippen molar-refractivity contribution in [3.8, 4) is 17.9 Å². The average molecular weight is 420 g/mol. The molecule has 0 aliphatic heterocycles. The summed E-state index contributed by atoms with van der Waals surface area (Å²) in [7, 11) is 1.47. The molecule has 2 aromatic carbocycles. The van der Waals surface area contributed by atoms with Gasteiger partial charge in [0.15, 0.2) is 0 Å². The molecule has 1 heterocycles. The fraction of sp³-hybridized carbons (Fsp3) is 0.0500. The molecule has 10 heteroatoms. The Morgan fingerprint density at radius 1 is 1.20 bits per heavy atom. The number of nitriles is 2. The highest BCUT2D eigenvalue weighted by atomic mass is 35.5. The third-order valence-corrected chi connectivity index (χ3v) is 4.15. The Morgan fingerprint density at radius 2 is 1.97 bits per heavy atom. The average Bonchev–Trinajstić information content (AvgIpc) is 2.76. The zero-order valence-electron chi connectivity index (χ0n) is 15.6. The summed E-state index contributed by atoms with van der Waals surface area (Å²) in [6.45, 7) is 0. The minimum atomic E-state index is -0.528. The molecule has 1 aromatic heterocycles. The number of halogens is 1. The number of anilines is 4. The molecule has 3 N–H and O–H groups in total. The number of nitrogens with one attached hydrogen (secondary N) is 3. The Morgan fingerprint density at radius 3 is 2.63 bits per heavy atom. The van der Waals surface area contributed by atoms with Gasteiger partial charge in [-0.05, 0) is 48.0 Å². The van der Waals surface area contributed by atoms with Crippen LogP contribution in [0.15, 0.2) is 47.3 Å². The molecule has 148 valence electrons. The monoisotopic (exact) mass is 419 g/mol. The van der Waals surface area contributed by atoms with E-state index >= 15 is 0 Å². The largest absolute Gasteiger partial charge is 0.494 e. The Balaban J connectivity index is 1.89. The van der Waals surface area contributed by atoms with E-state index < -0.39 is 5.56 Å². The van der Waals surface area contributed by atoms with Crippen LogP contribution in [0, 0.1) is 22.7 Å². The number of benzene rings is 2. The summed E-state index contributed by atoms with van der Waals surface area (Å²) in [5.74, 6) is 0.476. The lowest BCUT2D eigenvalue weighted by molar-refractivity contribution is 0.416. The molecule has 0 saturated carbocycles. The Hall–Kier alpha value is -4.34. The van der Waals surface area contributed by atoms with Crippen molar-refractivity contribution in [1.82, 2.24) is 15.2 Å². The van der Waals surface area contributed by atoms with Crippen LogP contribution in [0.5, 0.6) is 5.75 Å². The Labute approximate surface area is 176 Å². The summed E-state index contributed by atoms with van der Waals surface area (Å²) >= 11 is 6.34. The number of hydrogen-bond acceptors (Lipinski definition) is 8. The predicted octanol–water partition coefficient (Wildman–Crippen LogP) is 3.72. The maximum atomic E-state index is 12.1. The van der Waals surface area contributed by atoms with Gasteiger partial charge in [-0.3, -0.25) is 4.79 Å². The standard InChI is InChI=1S/C20H14ClN7O2/c1-30-16-10-13(3-2-8-22)9-15(21)17(16)25-20-26-18(19(29)27-28-20)24-14-6-4-12(11-23)5-7-14/h2-7,9-10H,1H3,(H,27,29)(H2,24,25,26,28)/b3-2+. The zero-order chi connectivity index (χ0) is 21.5. The topological polar surface area (TPSA) is 140 Å². The summed E-state index contributed by atoms with van der Waals surface area (Å²) in [4.78, 5) is 16.3.